The molecule has 0 aliphatic rings. The second-order valence-corrected chi connectivity index (χ2v) is 7.33. The fraction of sp³-hybridized carbons (Fsp3) is 0.136. The van der Waals surface area contributed by atoms with Gasteiger partial charge in [0.25, 0.3) is 0 Å². The van der Waals surface area contributed by atoms with Gasteiger partial charge in [0.05, 0.1) is 25.1 Å². The highest BCUT2D eigenvalue weighted by Gasteiger charge is 2.27. The van der Waals surface area contributed by atoms with Crippen LogP contribution in [0.15, 0.2) is 99.6 Å². The average molecular weight is 367 g/mol. The van der Waals surface area contributed by atoms with Crippen molar-refractivity contribution in [1.29, 1.82) is 0 Å². The molecule has 0 fully saturated rings. The van der Waals surface area contributed by atoms with Gasteiger partial charge in [0.2, 0.25) is 0 Å². The third-order valence-electron chi connectivity index (χ3n) is 3.54. The van der Waals surface area contributed by atoms with Crippen LogP contribution in [-0.2, 0) is 20.4 Å². The Kier molecular flexibility index (Phi) is 7.77. The van der Waals surface area contributed by atoms with Crippen LogP contribution in [0.2, 0.25) is 0 Å². The maximum absolute atomic E-state index is 9.59. The maximum atomic E-state index is 9.59. The number of ether oxygens (including phenoxy) is 2. The molecule has 0 bridgehead atoms. The molecule has 0 heterocycles. The first-order chi connectivity index (χ1) is 12.7. The van der Waals surface area contributed by atoms with Gasteiger partial charge in [-0.15, -0.1) is 0 Å². The Hall–Kier alpha value is -2.72. The molecule has 0 saturated carbocycles. The summed E-state index contributed by atoms with van der Waals surface area (Å²) in [5, 5.41) is 0. The van der Waals surface area contributed by atoms with Crippen LogP contribution >= 0.6 is 0 Å². The van der Waals surface area contributed by atoms with Gasteiger partial charge >= 0.3 is 5.97 Å². The third-order valence-corrected chi connectivity index (χ3v) is 5.77. The van der Waals surface area contributed by atoms with Crippen LogP contribution in [0, 0.1) is 0 Å². The van der Waals surface area contributed by atoms with Crippen molar-refractivity contribution in [3.8, 4) is 5.75 Å². The smallest absolute Gasteiger partial charge is 0.302 e. The van der Waals surface area contributed by atoms with E-state index in [1.54, 1.807) is 7.11 Å². The summed E-state index contributed by atoms with van der Waals surface area (Å²) >= 11 is 0. The summed E-state index contributed by atoms with van der Waals surface area (Å²) in [5.41, 5.74) is 0. The summed E-state index contributed by atoms with van der Waals surface area (Å²) in [4.78, 5) is 13.5. The number of hydrogen-bond acceptors (Lipinski definition) is 3. The molecule has 0 unspecified atom stereocenters. The lowest BCUT2D eigenvalue weighted by Gasteiger charge is -2.08. The SMILES string of the molecule is COC(C)=O.COc1ccc([S+](c2ccccc2)c2ccccc2)cc1. The molecule has 0 N–H and O–H groups in total. The second kappa shape index (κ2) is 10.3. The lowest BCUT2D eigenvalue weighted by atomic mass is 10.3. The molecule has 3 nitrogen and oxygen atoms in total. The molecular formula is C22H23O3S+. The molecule has 26 heavy (non-hydrogen) atoms. The van der Waals surface area contributed by atoms with Gasteiger partial charge in [-0.05, 0) is 48.5 Å². The van der Waals surface area contributed by atoms with Crippen LogP contribution in [0.5, 0.6) is 5.75 Å². The largest absolute Gasteiger partial charge is 0.497 e. The van der Waals surface area contributed by atoms with Gasteiger partial charge in [0.1, 0.15) is 5.75 Å². The highest BCUT2D eigenvalue weighted by atomic mass is 32.2. The van der Waals surface area contributed by atoms with Crippen LogP contribution < -0.4 is 4.74 Å². The van der Waals surface area contributed by atoms with Crippen molar-refractivity contribution in [2.24, 2.45) is 0 Å². The van der Waals surface area contributed by atoms with Crippen LogP contribution in [0.4, 0.5) is 0 Å². The van der Waals surface area contributed by atoms with E-state index in [9.17, 15) is 4.79 Å². The van der Waals surface area contributed by atoms with Gasteiger partial charge in [-0.1, -0.05) is 36.4 Å². The molecular weight excluding hydrogens is 344 g/mol. The molecule has 134 valence electrons. The highest BCUT2D eigenvalue weighted by Crippen LogP contribution is 2.31. The molecule has 4 heteroatoms. The number of methoxy groups -OCH3 is 2. The van der Waals surface area contributed by atoms with Crippen molar-refractivity contribution >= 4 is 16.9 Å². The van der Waals surface area contributed by atoms with E-state index in [1.807, 2.05) is 12.1 Å². The van der Waals surface area contributed by atoms with E-state index in [0.717, 1.165) is 5.75 Å². The predicted molar refractivity (Wildman–Crippen MR) is 106 cm³/mol. The number of carbonyl (C=O) groups is 1. The minimum Gasteiger partial charge on any atom is -0.497 e. The van der Waals surface area contributed by atoms with E-state index in [2.05, 4.69) is 77.5 Å². The molecule has 0 aliphatic heterocycles. The highest BCUT2D eigenvalue weighted by molar-refractivity contribution is 7.97. The molecule has 3 rings (SSSR count). The second-order valence-electron chi connectivity index (χ2n) is 5.30. The third kappa shape index (κ3) is 5.67. The number of carbonyl (C=O) groups excluding carboxylic acids is 1. The van der Waals surface area contributed by atoms with Gasteiger partial charge < -0.3 is 9.47 Å². The number of benzene rings is 3. The molecule has 0 saturated heterocycles. The number of hydrogen-bond donors (Lipinski definition) is 0. The Bertz CT molecular complexity index is 747. The molecule has 0 radical (unpaired) electrons. The van der Waals surface area contributed by atoms with E-state index in [0.29, 0.717) is 0 Å². The van der Waals surface area contributed by atoms with Crippen LogP contribution in [0.1, 0.15) is 6.92 Å². The molecule has 0 aliphatic carbocycles. The topological polar surface area (TPSA) is 35.5 Å². The first kappa shape index (κ1) is 19.6. The van der Waals surface area contributed by atoms with E-state index >= 15 is 0 Å². The summed E-state index contributed by atoms with van der Waals surface area (Å²) in [6.45, 7) is 1.36. The predicted octanol–water partition coefficient (Wildman–Crippen LogP) is 4.97. The Morgan fingerprint density at radius 2 is 1.08 bits per heavy atom. The van der Waals surface area contributed by atoms with Gasteiger partial charge in [0, 0.05) is 6.92 Å². The van der Waals surface area contributed by atoms with Crippen molar-refractivity contribution in [2.45, 2.75) is 21.6 Å². The van der Waals surface area contributed by atoms with Crippen molar-refractivity contribution in [1.82, 2.24) is 0 Å². The Balaban J connectivity index is 0.000000431. The lowest BCUT2D eigenvalue weighted by Crippen LogP contribution is -2.04. The Morgan fingerprint density at radius 3 is 1.42 bits per heavy atom. The van der Waals surface area contributed by atoms with Crippen LogP contribution in [0.25, 0.3) is 0 Å². The fourth-order valence-corrected chi connectivity index (χ4v) is 4.32. The van der Waals surface area contributed by atoms with Gasteiger partial charge in [0.15, 0.2) is 14.7 Å². The van der Waals surface area contributed by atoms with Crippen LogP contribution in [0.3, 0.4) is 0 Å². The van der Waals surface area contributed by atoms with Crippen molar-refractivity contribution in [2.75, 3.05) is 14.2 Å². The number of esters is 1. The molecule has 3 aromatic carbocycles. The van der Waals surface area contributed by atoms with E-state index in [-0.39, 0.29) is 16.9 Å². The molecule has 0 amide bonds. The molecule has 3 aromatic rings. The molecule has 0 atom stereocenters. The first-order valence-electron chi connectivity index (χ1n) is 8.18. The minimum atomic E-state index is -0.245. The Labute approximate surface area is 157 Å². The number of rotatable bonds is 4. The van der Waals surface area contributed by atoms with Gasteiger partial charge in [-0.2, -0.15) is 0 Å². The standard InChI is InChI=1S/C19H17OS.C3H6O2/c1-20-16-12-14-19(15-13-16)21(17-8-4-2-5-9-17)18-10-6-3-7-11-18;1-3(4)5-2/h2-15H,1H3;1-2H3/q+1;. The van der Waals surface area contributed by atoms with E-state index < -0.39 is 0 Å². The van der Waals surface area contributed by atoms with E-state index in [1.165, 1.54) is 28.7 Å². The summed E-state index contributed by atoms with van der Waals surface area (Å²) in [5.74, 6) is 0.647. The first-order valence-corrected chi connectivity index (χ1v) is 9.41. The Morgan fingerprint density at radius 1 is 0.692 bits per heavy atom. The maximum Gasteiger partial charge on any atom is 0.302 e. The zero-order valence-corrected chi connectivity index (χ0v) is 16.0. The van der Waals surface area contributed by atoms with Crippen molar-refractivity contribution in [3.05, 3.63) is 84.9 Å². The summed E-state index contributed by atoms with van der Waals surface area (Å²) in [6.07, 6.45) is 0. The quantitative estimate of drug-likeness (QED) is 0.482. The normalized spacial score (nSPS) is 9.85. The minimum absolute atomic E-state index is 0.0804. The van der Waals surface area contributed by atoms with Crippen molar-refractivity contribution < 1.29 is 14.3 Å². The zero-order chi connectivity index (χ0) is 18.8. The fourth-order valence-electron chi connectivity index (χ4n) is 2.23. The summed E-state index contributed by atoms with van der Waals surface area (Å²) in [6, 6.07) is 29.7. The molecule has 0 aromatic heterocycles. The van der Waals surface area contributed by atoms with E-state index in [4.69, 9.17) is 4.74 Å². The summed E-state index contributed by atoms with van der Waals surface area (Å²) in [7, 11) is 2.97. The summed E-state index contributed by atoms with van der Waals surface area (Å²) < 4.78 is 9.37. The average Bonchev–Trinajstić information content (AvgIpc) is 2.71. The van der Waals surface area contributed by atoms with Gasteiger partial charge in [-0.25, -0.2) is 0 Å². The van der Waals surface area contributed by atoms with Crippen molar-refractivity contribution in [3.63, 3.8) is 0 Å². The molecule has 0 spiro atoms. The lowest BCUT2D eigenvalue weighted by molar-refractivity contribution is -0.137. The monoisotopic (exact) mass is 367 g/mol. The van der Waals surface area contributed by atoms with Gasteiger partial charge in [-0.3, -0.25) is 4.79 Å². The van der Waals surface area contributed by atoms with Crippen LogP contribution in [-0.4, -0.2) is 20.2 Å². The zero-order valence-electron chi connectivity index (χ0n) is 15.2.